The molecule has 1 saturated heterocycles. The molecule has 1 amide bonds. The molecular formula is C20H23N5O7. The van der Waals surface area contributed by atoms with Gasteiger partial charge in [-0.2, -0.15) is 9.97 Å². The number of hydrogen-bond donors (Lipinski definition) is 1. The molecule has 1 aliphatic heterocycles. The van der Waals surface area contributed by atoms with Gasteiger partial charge in [0.25, 0.3) is 11.6 Å². The first-order valence-corrected chi connectivity index (χ1v) is 9.88. The topological polar surface area (TPSA) is 146 Å². The molecule has 0 aliphatic carbocycles. The minimum atomic E-state index is -0.863. The molecule has 170 valence electrons. The molecule has 32 heavy (non-hydrogen) atoms. The maximum absolute atomic E-state index is 12.4. The van der Waals surface area contributed by atoms with Crippen molar-refractivity contribution >= 4 is 29.2 Å². The van der Waals surface area contributed by atoms with Gasteiger partial charge in [0, 0.05) is 19.2 Å². The van der Waals surface area contributed by atoms with Crippen molar-refractivity contribution in [2.45, 2.75) is 19.3 Å². The smallest absolute Gasteiger partial charge is 0.338 e. The number of esters is 1. The first-order valence-electron chi connectivity index (χ1n) is 9.88. The Morgan fingerprint density at radius 2 is 1.75 bits per heavy atom. The number of amides is 1. The van der Waals surface area contributed by atoms with Crippen molar-refractivity contribution in [1.82, 2.24) is 9.97 Å². The number of nitro benzene ring substituents is 1. The second kappa shape index (κ2) is 10.4. The highest BCUT2D eigenvalue weighted by molar-refractivity contribution is 5.95. The molecular weight excluding hydrogens is 422 g/mol. The quantitative estimate of drug-likeness (QED) is 0.364. The Balaban J connectivity index is 1.65. The molecule has 3 rings (SSSR count). The predicted octanol–water partition coefficient (Wildman–Crippen LogP) is 2.19. The van der Waals surface area contributed by atoms with E-state index in [4.69, 9.17) is 14.2 Å². The molecule has 0 bridgehead atoms. The summed E-state index contributed by atoms with van der Waals surface area (Å²) in [6.07, 6.45) is 3.00. The van der Waals surface area contributed by atoms with Gasteiger partial charge in [0.15, 0.2) is 6.61 Å². The maximum atomic E-state index is 12.4. The number of methoxy groups -OCH3 is 2. The van der Waals surface area contributed by atoms with Crippen molar-refractivity contribution < 1.29 is 28.7 Å². The van der Waals surface area contributed by atoms with Gasteiger partial charge in [-0.3, -0.25) is 20.2 Å². The van der Waals surface area contributed by atoms with Crippen molar-refractivity contribution in [3.63, 3.8) is 0 Å². The Kier molecular flexibility index (Phi) is 7.37. The van der Waals surface area contributed by atoms with E-state index in [1.54, 1.807) is 0 Å². The van der Waals surface area contributed by atoms with E-state index in [9.17, 15) is 19.7 Å². The van der Waals surface area contributed by atoms with Gasteiger partial charge in [-0.05, 0) is 31.4 Å². The molecule has 12 heteroatoms. The van der Waals surface area contributed by atoms with Crippen molar-refractivity contribution in [1.29, 1.82) is 0 Å². The fourth-order valence-corrected chi connectivity index (χ4v) is 3.24. The van der Waals surface area contributed by atoms with Crippen LogP contribution < -0.4 is 19.7 Å². The number of carbonyl (C=O) groups is 2. The Hall–Kier alpha value is -3.96. The highest BCUT2D eigenvalue weighted by Crippen LogP contribution is 2.31. The molecule has 12 nitrogen and oxygen atoms in total. The van der Waals surface area contributed by atoms with Crippen LogP contribution in [0.1, 0.15) is 29.6 Å². The van der Waals surface area contributed by atoms with Gasteiger partial charge in [0.2, 0.25) is 17.7 Å². The number of piperidine rings is 1. The average Bonchev–Trinajstić information content (AvgIpc) is 2.82. The molecule has 0 unspecified atom stereocenters. The van der Waals surface area contributed by atoms with E-state index < -0.39 is 23.4 Å². The fourth-order valence-electron chi connectivity index (χ4n) is 3.24. The number of nitrogens with one attached hydrogen (secondary N) is 1. The number of ether oxygens (including phenoxy) is 3. The normalized spacial score (nSPS) is 13.2. The fraction of sp³-hybridized carbons (Fsp3) is 0.400. The lowest BCUT2D eigenvalue weighted by Gasteiger charge is -2.28. The van der Waals surface area contributed by atoms with E-state index in [1.807, 2.05) is 4.90 Å². The Bertz CT molecular complexity index is 986. The number of nitro groups is 1. The summed E-state index contributed by atoms with van der Waals surface area (Å²) in [7, 11) is 2.79. The van der Waals surface area contributed by atoms with Crippen molar-refractivity contribution in [2.75, 3.05) is 44.1 Å². The monoisotopic (exact) mass is 445 g/mol. The zero-order chi connectivity index (χ0) is 23.1. The van der Waals surface area contributed by atoms with Crippen LogP contribution in [-0.4, -0.2) is 60.7 Å². The lowest BCUT2D eigenvalue weighted by atomic mass is 10.1. The third-order valence-electron chi connectivity index (χ3n) is 4.79. The third-order valence-corrected chi connectivity index (χ3v) is 4.79. The van der Waals surface area contributed by atoms with Gasteiger partial charge >= 0.3 is 5.97 Å². The number of carbonyl (C=O) groups excluding carboxylic acids is 2. The summed E-state index contributed by atoms with van der Waals surface area (Å²) in [5.74, 6) is -1.31. The van der Waals surface area contributed by atoms with E-state index in [0.717, 1.165) is 32.4 Å². The number of nitrogens with zero attached hydrogens (tertiary/aromatic N) is 4. The van der Waals surface area contributed by atoms with Gasteiger partial charge in [0.05, 0.1) is 30.8 Å². The van der Waals surface area contributed by atoms with Crippen molar-refractivity contribution in [3.8, 4) is 11.8 Å². The molecule has 1 aromatic carbocycles. The summed E-state index contributed by atoms with van der Waals surface area (Å²) in [6, 6.07) is 5.58. The number of anilines is 2. The van der Waals surface area contributed by atoms with Gasteiger partial charge < -0.3 is 19.1 Å². The van der Waals surface area contributed by atoms with Crippen molar-refractivity contribution in [3.05, 3.63) is 39.9 Å². The summed E-state index contributed by atoms with van der Waals surface area (Å²) < 4.78 is 15.0. The van der Waals surface area contributed by atoms with Crippen LogP contribution in [0, 0.1) is 10.1 Å². The van der Waals surface area contributed by atoms with Crippen LogP contribution in [0.25, 0.3) is 0 Å². The van der Waals surface area contributed by atoms with Crippen LogP contribution in [0.2, 0.25) is 0 Å². The van der Waals surface area contributed by atoms with Gasteiger partial charge in [0.1, 0.15) is 5.69 Å². The summed E-state index contributed by atoms with van der Waals surface area (Å²) in [5.41, 5.74) is 0.264. The Morgan fingerprint density at radius 3 is 2.34 bits per heavy atom. The third kappa shape index (κ3) is 5.59. The molecule has 0 saturated carbocycles. The average molecular weight is 445 g/mol. The second-order valence-corrected chi connectivity index (χ2v) is 6.91. The SMILES string of the molecule is COc1cc(OC)nc(NC(=O)COC(=O)c2ccc(N3CCCCC3)c([N+](=O)[O-])c2)n1. The van der Waals surface area contributed by atoms with Crippen LogP contribution in [0.5, 0.6) is 11.8 Å². The highest BCUT2D eigenvalue weighted by Gasteiger charge is 2.24. The van der Waals surface area contributed by atoms with E-state index in [1.165, 1.54) is 38.5 Å². The number of aromatic nitrogens is 2. The van der Waals surface area contributed by atoms with Crippen LogP contribution >= 0.6 is 0 Å². The summed E-state index contributed by atoms with van der Waals surface area (Å²) in [6.45, 7) is 0.813. The summed E-state index contributed by atoms with van der Waals surface area (Å²) >= 11 is 0. The van der Waals surface area contributed by atoms with Crippen LogP contribution in [0.4, 0.5) is 17.3 Å². The standard InChI is InChI=1S/C20H23N5O7/c1-30-17-11-18(31-2)23-20(22-17)21-16(26)12-32-19(27)13-6-7-14(15(10-13)25(28)29)24-8-4-3-5-9-24/h6-7,10-11H,3-5,8-9,12H2,1-2H3,(H,21,22,23,26). The Morgan fingerprint density at radius 1 is 1.09 bits per heavy atom. The number of rotatable bonds is 8. The van der Waals surface area contributed by atoms with Gasteiger partial charge in [-0.1, -0.05) is 0 Å². The summed E-state index contributed by atoms with van der Waals surface area (Å²) in [4.78, 5) is 45.3. The molecule has 1 fully saturated rings. The van der Waals surface area contributed by atoms with E-state index >= 15 is 0 Å². The van der Waals surface area contributed by atoms with E-state index in [2.05, 4.69) is 15.3 Å². The highest BCUT2D eigenvalue weighted by atomic mass is 16.6. The van der Waals surface area contributed by atoms with Gasteiger partial charge in [-0.25, -0.2) is 4.79 Å². The molecule has 1 N–H and O–H groups in total. The largest absolute Gasteiger partial charge is 0.481 e. The molecule has 2 aromatic rings. The minimum Gasteiger partial charge on any atom is -0.481 e. The number of benzene rings is 1. The molecule has 0 radical (unpaired) electrons. The molecule has 1 aromatic heterocycles. The summed E-state index contributed by atoms with van der Waals surface area (Å²) in [5, 5.41) is 13.9. The van der Waals surface area contributed by atoms with E-state index in [0.29, 0.717) is 5.69 Å². The first kappa shape index (κ1) is 22.7. The molecule has 0 atom stereocenters. The van der Waals surface area contributed by atoms with E-state index in [-0.39, 0.29) is 29.0 Å². The van der Waals surface area contributed by atoms with Crippen LogP contribution in [-0.2, 0) is 9.53 Å². The minimum absolute atomic E-state index is 0.0236. The first-order chi connectivity index (χ1) is 15.4. The zero-order valence-corrected chi connectivity index (χ0v) is 17.7. The van der Waals surface area contributed by atoms with Crippen LogP contribution in [0.3, 0.4) is 0 Å². The molecule has 2 heterocycles. The van der Waals surface area contributed by atoms with Crippen molar-refractivity contribution in [2.24, 2.45) is 0 Å². The second-order valence-electron chi connectivity index (χ2n) is 6.91. The molecule has 0 spiro atoms. The number of hydrogen-bond acceptors (Lipinski definition) is 10. The Labute approximate surface area is 183 Å². The van der Waals surface area contributed by atoms with Crippen LogP contribution in [0.15, 0.2) is 24.3 Å². The van der Waals surface area contributed by atoms with Gasteiger partial charge in [-0.15, -0.1) is 0 Å². The molecule has 1 aliphatic rings. The predicted molar refractivity (Wildman–Crippen MR) is 113 cm³/mol. The zero-order valence-electron chi connectivity index (χ0n) is 17.7. The maximum Gasteiger partial charge on any atom is 0.338 e. The lowest BCUT2D eigenvalue weighted by Crippen LogP contribution is -2.30. The lowest BCUT2D eigenvalue weighted by molar-refractivity contribution is -0.384.